The minimum atomic E-state index is -0.642. The molecular formula is C5H9FN2S. The molecule has 0 heterocycles. The first-order chi connectivity index (χ1) is 4.18. The van der Waals surface area contributed by atoms with Crippen molar-refractivity contribution in [3.8, 4) is 0 Å². The molecule has 0 aromatic rings. The minimum Gasteiger partial charge on any atom is -0.376 e. The summed E-state index contributed by atoms with van der Waals surface area (Å²) in [6.45, 7) is 0. The molecule has 0 amide bonds. The summed E-state index contributed by atoms with van der Waals surface area (Å²) in [5.74, 6) is 0. The van der Waals surface area contributed by atoms with Gasteiger partial charge < -0.3 is 11.1 Å². The van der Waals surface area contributed by atoms with E-state index in [0.29, 0.717) is 12.8 Å². The molecule has 0 aromatic heterocycles. The average molecular weight is 148 g/mol. The molecule has 1 rings (SSSR count). The van der Waals surface area contributed by atoms with Crippen LogP contribution in [0.2, 0.25) is 0 Å². The van der Waals surface area contributed by atoms with Crippen LogP contribution < -0.4 is 11.1 Å². The van der Waals surface area contributed by atoms with Gasteiger partial charge in [0.05, 0.1) is 0 Å². The van der Waals surface area contributed by atoms with Gasteiger partial charge >= 0.3 is 0 Å². The van der Waals surface area contributed by atoms with Gasteiger partial charge in [-0.2, -0.15) is 0 Å². The Labute approximate surface area is 58.6 Å². The summed E-state index contributed by atoms with van der Waals surface area (Å²) >= 11 is 4.55. The molecular weight excluding hydrogens is 139 g/mol. The van der Waals surface area contributed by atoms with Crippen molar-refractivity contribution in [3.63, 3.8) is 0 Å². The predicted molar refractivity (Wildman–Crippen MR) is 37.8 cm³/mol. The van der Waals surface area contributed by atoms with Crippen LogP contribution >= 0.6 is 12.2 Å². The predicted octanol–water partition coefficient (Wildman–Crippen LogP) is 0.320. The summed E-state index contributed by atoms with van der Waals surface area (Å²) in [6, 6.07) is 0.192. The van der Waals surface area contributed by atoms with Crippen molar-refractivity contribution in [3.05, 3.63) is 0 Å². The van der Waals surface area contributed by atoms with Crippen LogP contribution in [0.5, 0.6) is 0 Å². The van der Waals surface area contributed by atoms with Crippen molar-refractivity contribution < 1.29 is 4.39 Å². The van der Waals surface area contributed by atoms with E-state index in [1.165, 1.54) is 0 Å². The number of thiocarbonyl (C=S) groups is 1. The second-order valence-electron chi connectivity index (χ2n) is 2.27. The quantitative estimate of drug-likeness (QED) is 0.526. The summed E-state index contributed by atoms with van der Waals surface area (Å²) in [7, 11) is 0. The van der Waals surface area contributed by atoms with Crippen molar-refractivity contribution in [2.75, 3.05) is 0 Å². The van der Waals surface area contributed by atoms with Crippen molar-refractivity contribution in [1.29, 1.82) is 0 Å². The zero-order valence-corrected chi connectivity index (χ0v) is 5.75. The molecule has 4 heteroatoms. The molecule has 52 valence electrons. The van der Waals surface area contributed by atoms with Crippen LogP contribution in [0.15, 0.2) is 0 Å². The fraction of sp³-hybridized carbons (Fsp3) is 0.800. The van der Waals surface area contributed by atoms with E-state index in [1.54, 1.807) is 0 Å². The first kappa shape index (κ1) is 6.74. The third kappa shape index (κ3) is 1.78. The molecule has 0 aliphatic heterocycles. The maximum atomic E-state index is 12.1. The number of rotatable bonds is 1. The van der Waals surface area contributed by atoms with E-state index < -0.39 is 6.17 Å². The topological polar surface area (TPSA) is 38.0 Å². The molecule has 1 aliphatic rings. The van der Waals surface area contributed by atoms with Gasteiger partial charge in [0.25, 0.3) is 0 Å². The van der Waals surface area contributed by atoms with Crippen LogP contribution in [0.25, 0.3) is 0 Å². The second-order valence-corrected chi connectivity index (χ2v) is 2.71. The zero-order valence-electron chi connectivity index (χ0n) is 4.93. The highest BCUT2D eigenvalue weighted by atomic mass is 32.1. The van der Waals surface area contributed by atoms with Crippen LogP contribution in [0.1, 0.15) is 12.8 Å². The lowest BCUT2D eigenvalue weighted by atomic mass is 9.91. The van der Waals surface area contributed by atoms with Crippen LogP contribution in [0, 0.1) is 0 Å². The van der Waals surface area contributed by atoms with E-state index in [-0.39, 0.29) is 11.2 Å². The molecule has 0 unspecified atom stereocenters. The largest absolute Gasteiger partial charge is 0.376 e. The van der Waals surface area contributed by atoms with Gasteiger partial charge in [0.2, 0.25) is 0 Å². The summed E-state index contributed by atoms with van der Waals surface area (Å²) in [5.41, 5.74) is 5.15. The smallest absolute Gasteiger partial charge is 0.163 e. The molecule has 2 nitrogen and oxygen atoms in total. The third-order valence-corrected chi connectivity index (χ3v) is 1.54. The van der Waals surface area contributed by atoms with Gasteiger partial charge in [-0.3, -0.25) is 0 Å². The van der Waals surface area contributed by atoms with Crippen molar-refractivity contribution >= 4 is 17.3 Å². The lowest BCUT2D eigenvalue weighted by Gasteiger charge is -2.30. The third-order valence-electron chi connectivity index (χ3n) is 1.43. The lowest BCUT2D eigenvalue weighted by molar-refractivity contribution is 0.169. The van der Waals surface area contributed by atoms with Gasteiger partial charge in [0, 0.05) is 6.04 Å². The highest BCUT2D eigenvalue weighted by Crippen LogP contribution is 2.22. The molecule has 3 N–H and O–H groups in total. The molecule has 1 aliphatic carbocycles. The number of halogens is 1. The van der Waals surface area contributed by atoms with Gasteiger partial charge in [-0.1, -0.05) is 0 Å². The van der Waals surface area contributed by atoms with E-state index in [2.05, 4.69) is 17.5 Å². The van der Waals surface area contributed by atoms with E-state index in [4.69, 9.17) is 5.73 Å². The highest BCUT2D eigenvalue weighted by Gasteiger charge is 2.28. The molecule has 0 bridgehead atoms. The van der Waals surface area contributed by atoms with Gasteiger partial charge in [-0.25, -0.2) is 4.39 Å². The Hall–Kier alpha value is -0.380. The molecule has 0 spiro atoms. The Morgan fingerprint density at radius 2 is 2.22 bits per heavy atom. The van der Waals surface area contributed by atoms with Crippen LogP contribution in [-0.2, 0) is 0 Å². The number of alkyl halides is 1. The fourth-order valence-corrected chi connectivity index (χ4v) is 1.03. The Morgan fingerprint density at radius 1 is 1.67 bits per heavy atom. The first-order valence-electron chi connectivity index (χ1n) is 2.88. The van der Waals surface area contributed by atoms with Crippen LogP contribution in [0.3, 0.4) is 0 Å². The molecule has 9 heavy (non-hydrogen) atoms. The minimum absolute atomic E-state index is 0.192. The normalized spacial score (nSPS) is 33.0. The summed E-state index contributed by atoms with van der Waals surface area (Å²) in [5, 5.41) is 3.05. The zero-order chi connectivity index (χ0) is 6.85. The van der Waals surface area contributed by atoms with Gasteiger partial charge in [0.15, 0.2) is 5.11 Å². The van der Waals surface area contributed by atoms with Gasteiger partial charge in [0.1, 0.15) is 6.17 Å². The first-order valence-corrected chi connectivity index (χ1v) is 3.29. The summed E-state index contributed by atoms with van der Waals surface area (Å²) < 4.78 is 12.1. The fourth-order valence-electron chi connectivity index (χ4n) is 0.867. The van der Waals surface area contributed by atoms with Gasteiger partial charge in [-0.05, 0) is 25.1 Å². The molecule has 0 saturated heterocycles. The average Bonchev–Trinajstić information content (AvgIpc) is 1.60. The standard InChI is InChI=1S/C5H9FN2S/c6-3-1-4(2-3)8-5(7)9/h3-4H,1-2H2,(H3,7,8,9)/t3-,4-. The van der Waals surface area contributed by atoms with Crippen molar-refractivity contribution in [1.82, 2.24) is 5.32 Å². The molecule has 0 atom stereocenters. The van der Waals surface area contributed by atoms with Gasteiger partial charge in [-0.15, -0.1) is 0 Å². The van der Waals surface area contributed by atoms with E-state index in [1.807, 2.05) is 0 Å². The van der Waals surface area contributed by atoms with Crippen molar-refractivity contribution in [2.24, 2.45) is 5.73 Å². The Morgan fingerprint density at radius 3 is 2.56 bits per heavy atom. The summed E-state index contributed by atoms with van der Waals surface area (Å²) in [4.78, 5) is 0. The number of hydrogen-bond acceptors (Lipinski definition) is 1. The number of hydrogen-bond donors (Lipinski definition) is 2. The van der Waals surface area contributed by atoms with E-state index in [0.717, 1.165) is 0 Å². The molecule has 1 saturated carbocycles. The maximum absolute atomic E-state index is 12.1. The Balaban J connectivity index is 2.11. The Kier molecular flexibility index (Phi) is 1.85. The molecule has 0 aromatic carbocycles. The monoisotopic (exact) mass is 148 g/mol. The summed E-state index contributed by atoms with van der Waals surface area (Å²) in [6.07, 6.45) is 0.464. The maximum Gasteiger partial charge on any atom is 0.163 e. The lowest BCUT2D eigenvalue weighted by Crippen LogP contribution is -2.47. The number of nitrogens with two attached hydrogens (primary N) is 1. The Bertz CT molecular complexity index is 122. The molecule has 1 fully saturated rings. The number of nitrogens with one attached hydrogen (secondary N) is 1. The highest BCUT2D eigenvalue weighted by molar-refractivity contribution is 7.80. The van der Waals surface area contributed by atoms with E-state index >= 15 is 0 Å². The SMILES string of the molecule is NC(=S)N[C@H]1C[C@H](F)C1. The second kappa shape index (κ2) is 2.47. The van der Waals surface area contributed by atoms with Crippen LogP contribution in [0.4, 0.5) is 4.39 Å². The van der Waals surface area contributed by atoms with Crippen molar-refractivity contribution in [2.45, 2.75) is 25.1 Å². The molecule has 0 radical (unpaired) electrons. The van der Waals surface area contributed by atoms with E-state index in [9.17, 15) is 4.39 Å². The van der Waals surface area contributed by atoms with Crippen LogP contribution in [-0.4, -0.2) is 17.3 Å².